The Kier molecular flexibility index (Phi) is 6.66. The normalized spacial score (nSPS) is 31.6. The van der Waals surface area contributed by atoms with Crippen LogP contribution in [0.1, 0.15) is 67.2 Å². The predicted octanol–water partition coefficient (Wildman–Crippen LogP) is 1.47. The van der Waals surface area contributed by atoms with Crippen molar-refractivity contribution < 1.29 is 38.1 Å². The monoisotopic (exact) mass is 510 g/mol. The fourth-order valence-electron chi connectivity index (χ4n) is 5.27. The number of ether oxygens (including phenoxy) is 4. The van der Waals surface area contributed by atoms with Crippen LogP contribution >= 0.6 is 0 Å². The number of carbonyl (C=O) groups excluding carboxylic acids is 4. The van der Waals surface area contributed by atoms with Crippen molar-refractivity contribution in [2.45, 2.75) is 102 Å². The number of likely N-dealkylation sites (tertiary alicyclic amines) is 2. The van der Waals surface area contributed by atoms with Gasteiger partial charge in [-0.15, -0.1) is 0 Å². The molecule has 0 aromatic carbocycles. The first-order chi connectivity index (χ1) is 16.6. The summed E-state index contributed by atoms with van der Waals surface area (Å²) in [6.07, 6.45) is -0.199. The van der Waals surface area contributed by atoms with E-state index < -0.39 is 58.9 Å². The number of nitrogens with one attached hydrogen (secondary N) is 2. The molecule has 4 heterocycles. The first-order valence-corrected chi connectivity index (χ1v) is 12.6. The van der Waals surface area contributed by atoms with Crippen molar-refractivity contribution >= 4 is 24.1 Å². The average molecular weight is 511 g/mol. The number of esters is 2. The number of carbonyl (C=O) groups is 4. The van der Waals surface area contributed by atoms with Crippen molar-refractivity contribution in [2.24, 2.45) is 0 Å². The van der Waals surface area contributed by atoms with E-state index in [-0.39, 0.29) is 0 Å². The van der Waals surface area contributed by atoms with Crippen LogP contribution in [0, 0.1) is 0 Å². The van der Waals surface area contributed by atoms with Gasteiger partial charge in [-0.2, -0.15) is 0 Å². The van der Waals surface area contributed by atoms with E-state index in [0.29, 0.717) is 39.0 Å². The molecule has 2 N–H and O–H groups in total. The fraction of sp³-hybridized carbons (Fsp3) is 0.833. The molecule has 2 amide bonds. The quantitative estimate of drug-likeness (QED) is 0.319. The lowest BCUT2D eigenvalue weighted by atomic mass is 9.85. The van der Waals surface area contributed by atoms with Gasteiger partial charge in [0, 0.05) is 0 Å². The van der Waals surface area contributed by atoms with Crippen molar-refractivity contribution in [1.29, 1.82) is 0 Å². The Hall–Kier alpha value is -2.60. The number of hydrogen-bond acceptors (Lipinski definition) is 10. The van der Waals surface area contributed by atoms with E-state index in [1.54, 1.807) is 41.5 Å². The Bertz CT molecular complexity index is 838. The topological polar surface area (TPSA) is 136 Å². The van der Waals surface area contributed by atoms with Gasteiger partial charge >= 0.3 is 24.1 Å². The van der Waals surface area contributed by atoms with Gasteiger partial charge in [-0.25, -0.2) is 19.2 Å². The molecule has 36 heavy (non-hydrogen) atoms. The Morgan fingerprint density at radius 3 is 1.33 bits per heavy atom. The van der Waals surface area contributed by atoms with Gasteiger partial charge in [-0.1, -0.05) is 0 Å². The molecule has 0 aromatic rings. The van der Waals surface area contributed by atoms with Crippen molar-refractivity contribution in [3.8, 4) is 0 Å². The minimum absolute atomic E-state index is 0.303. The highest BCUT2D eigenvalue weighted by molar-refractivity contribution is 6.29. The van der Waals surface area contributed by atoms with Gasteiger partial charge in [-0.3, -0.25) is 9.80 Å². The molecule has 4 fully saturated rings. The lowest BCUT2D eigenvalue weighted by Crippen LogP contribution is -2.77. The largest absolute Gasteiger partial charge is 0.444 e. The second-order valence-electron chi connectivity index (χ2n) is 12.1. The molecule has 4 aliphatic rings. The smallest absolute Gasteiger partial charge is 0.419 e. The first-order valence-electron chi connectivity index (χ1n) is 12.6. The third-order valence-corrected chi connectivity index (χ3v) is 6.83. The molecule has 0 aromatic heterocycles. The summed E-state index contributed by atoms with van der Waals surface area (Å²) in [7, 11) is 0. The van der Waals surface area contributed by atoms with Gasteiger partial charge in [0.15, 0.2) is 0 Å². The molecule has 0 aliphatic carbocycles. The third kappa shape index (κ3) is 5.10. The highest BCUT2D eigenvalue weighted by Crippen LogP contribution is 2.40. The maximum absolute atomic E-state index is 12.9. The van der Waals surface area contributed by atoms with E-state index in [0.717, 1.165) is 12.8 Å². The van der Waals surface area contributed by atoms with E-state index >= 15 is 0 Å². The summed E-state index contributed by atoms with van der Waals surface area (Å²) >= 11 is 0. The van der Waals surface area contributed by atoms with Gasteiger partial charge in [0.05, 0.1) is 24.2 Å². The molecule has 4 saturated heterocycles. The van der Waals surface area contributed by atoms with Crippen LogP contribution in [0.4, 0.5) is 9.59 Å². The molecule has 4 rings (SSSR count). The maximum atomic E-state index is 12.9. The Balaban J connectivity index is 1.43. The number of hydrogen-bond donors (Lipinski definition) is 2. The third-order valence-electron chi connectivity index (χ3n) is 6.83. The van der Waals surface area contributed by atoms with Crippen LogP contribution in [-0.2, 0) is 28.5 Å². The Morgan fingerprint density at radius 1 is 0.694 bits per heavy atom. The van der Waals surface area contributed by atoms with E-state index in [1.807, 2.05) is 0 Å². The minimum Gasteiger partial charge on any atom is -0.444 e. The number of rotatable bonds is 2. The highest BCUT2D eigenvalue weighted by atomic mass is 16.6. The first kappa shape index (κ1) is 26.5. The summed E-state index contributed by atoms with van der Waals surface area (Å²) in [6.45, 7) is 12.5. The molecular formula is C24H38N4O8. The highest BCUT2D eigenvalue weighted by Gasteiger charge is 2.62. The predicted molar refractivity (Wildman–Crippen MR) is 126 cm³/mol. The molecule has 4 unspecified atom stereocenters. The molecule has 4 atom stereocenters. The summed E-state index contributed by atoms with van der Waals surface area (Å²) < 4.78 is 21.9. The molecule has 0 radical (unpaired) electrons. The zero-order chi connectivity index (χ0) is 26.5. The van der Waals surface area contributed by atoms with Crippen molar-refractivity contribution in [3.63, 3.8) is 0 Å². The average Bonchev–Trinajstić information content (AvgIpc) is 3.42. The summed E-state index contributed by atoms with van der Waals surface area (Å²) in [6, 6.07) is 0. The van der Waals surface area contributed by atoms with E-state index in [9.17, 15) is 19.2 Å². The van der Waals surface area contributed by atoms with Gasteiger partial charge in [-0.05, 0) is 80.3 Å². The molecule has 0 saturated carbocycles. The summed E-state index contributed by atoms with van der Waals surface area (Å²) in [5.41, 5.74) is -2.71. The second kappa shape index (κ2) is 9.05. The van der Waals surface area contributed by atoms with Crippen molar-refractivity contribution in [3.05, 3.63) is 0 Å². The van der Waals surface area contributed by atoms with Crippen molar-refractivity contribution in [2.75, 3.05) is 26.2 Å². The minimum atomic E-state index is -1.23. The van der Waals surface area contributed by atoms with Crippen molar-refractivity contribution in [1.82, 2.24) is 20.4 Å². The standard InChI is InChI=1S/C24H38N4O8/c1-21(2,3)35-19(31)27-13-23(9-7-11-25-23)17(27)33-15(29)16(30)34-18-24(10-8-12-26-24)14-28(18)20(32)36-22(4,5)6/h17-18,25-26H,7-14H2,1-6H3. The second-order valence-corrected chi connectivity index (χ2v) is 12.1. The molecule has 2 spiro atoms. The zero-order valence-corrected chi connectivity index (χ0v) is 22.0. The molecule has 0 bridgehead atoms. The van der Waals surface area contributed by atoms with Crippen LogP contribution in [0.2, 0.25) is 0 Å². The van der Waals surface area contributed by atoms with Gasteiger partial charge in [0.1, 0.15) is 11.2 Å². The zero-order valence-electron chi connectivity index (χ0n) is 22.0. The lowest BCUT2D eigenvalue weighted by molar-refractivity contribution is -0.215. The SMILES string of the molecule is CC(C)(C)OC(=O)N1CC2(CCCN2)C1OC(=O)C(=O)OC1N(C(=O)OC(C)(C)C)CC12CCCN2. The molecule has 12 heteroatoms. The molecule has 12 nitrogen and oxygen atoms in total. The molecular weight excluding hydrogens is 472 g/mol. The van der Waals surface area contributed by atoms with Gasteiger partial charge < -0.3 is 29.6 Å². The number of amides is 2. The summed E-state index contributed by atoms with van der Waals surface area (Å²) in [4.78, 5) is 53.7. The molecule has 202 valence electrons. The van der Waals surface area contributed by atoms with E-state index in [2.05, 4.69) is 10.6 Å². The Labute approximate surface area is 211 Å². The van der Waals surface area contributed by atoms with Crippen LogP contribution in [0.25, 0.3) is 0 Å². The van der Waals surface area contributed by atoms with Crippen LogP contribution < -0.4 is 10.6 Å². The lowest BCUT2D eigenvalue weighted by Gasteiger charge is -2.54. The van der Waals surface area contributed by atoms with Gasteiger partial charge in [0.25, 0.3) is 0 Å². The van der Waals surface area contributed by atoms with Crippen LogP contribution in [0.15, 0.2) is 0 Å². The maximum Gasteiger partial charge on any atom is 0.419 e. The fourth-order valence-corrected chi connectivity index (χ4v) is 5.27. The Morgan fingerprint density at radius 2 is 1.06 bits per heavy atom. The van der Waals surface area contributed by atoms with Crippen LogP contribution in [0.5, 0.6) is 0 Å². The van der Waals surface area contributed by atoms with Gasteiger partial charge in [0.2, 0.25) is 12.5 Å². The summed E-state index contributed by atoms with van der Waals surface area (Å²) in [5, 5.41) is 6.60. The van der Waals surface area contributed by atoms with E-state index in [4.69, 9.17) is 18.9 Å². The number of nitrogens with zero attached hydrogens (tertiary/aromatic N) is 2. The summed E-state index contributed by atoms with van der Waals surface area (Å²) in [5.74, 6) is -2.46. The van der Waals surface area contributed by atoms with E-state index in [1.165, 1.54) is 9.80 Å². The molecule has 4 aliphatic heterocycles. The van der Waals surface area contributed by atoms with Crippen LogP contribution in [0.3, 0.4) is 0 Å². The van der Waals surface area contributed by atoms with Crippen LogP contribution in [-0.4, -0.2) is 94.8 Å².